The number of hydrogen-bond acceptors (Lipinski definition) is 2. The summed E-state index contributed by atoms with van der Waals surface area (Å²) >= 11 is 8.55. The van der Waals surface area contributed by atoms with Crippen LogP contribution in [0.25, 0.3) is 0 Å². The topological polar surface area (TPSA) is 9.23 Å². The van der Waals surface area contributed by atoms with Crippen LogP contribution in [0.4, 0.5) is 0 Å². The molecule has 14 heavy (non-hydrogen) atoms. The number of hydrogen-bond donors (Lipinski definition) is 1. The van der Waals surface area contributed by atoms with Crippen LogP contribution in [-0.4, -0.2) is 40.5 Å². The molecule has 0 aromatic carbocycles. The molecule has 0 aromatic rings. The number of rotatable bonds is 8. The van der Waals surface area contributed by atoms with Crippen molar-refractivity contribution in [3.8, 4) is 0 Å². The zero-order valence-corrected chi connectivity index (χ0v) is 10.1. The van der Waals surface area contributed by atoms with E-state index in [9.17, 15) is 0 Å². The molecule has 0 aliphatic rings. The summed E-state index contributed by atoms with van der Waals surface area (Å²) in [7, 11) is 0. The van der Waals surface area contributed by atoms with Gasteiger partial charge >= 0.3 is 29.6 Å². The van der Waals surface area contributed by atoms with Crippen molar-refractivity contribution < 1.29 is 4.74 Å². The van der Waals surface area contributed by atoms with E-state index in [-0.39, 0.29) is 29.6 Å². The molecule has 0 spiro atoms. The molecule has 0 radical (unpaired) electrons. The first-order valence-electron chi connectivity index (χ1n) is 5.13. The molecule has 0 bridgehead atoms. The molecule has 0 amide bonds. The van der Waals surface area contributed by atoms with Crippen molar-refractivity contribution >= 4 is 58.8 Å². The molecule has 0 aliphatic heterocycles. The third-order valence-corrected chi connectivity index (χ3v) is 2.22. The predicted molar refractivity (Wildman–Crippen MR) is 72.7 cm³/mol. The summed E-state index contributed by atoms with van der Waals surface area (Å²) in [5.74, 6) is 0. The van der Waals surface area contributed by atoms with Gasteiger partial charge in [-0.05, 0) is 18.6 Å². The van der Waals surface area contributed by atoms with Crippen molar-refractivity contribution in [3.63, 3.8) is 0 Å². The first-order valence-corrected chi connectivity index (χ1v) is 5.98. The Bertz CT molecular complexity index is 131. The summed E-state index contributed by atoms with van der Waals surface area (Å²) in [6.45, 7) is 2.97. The summed E-state index contributed by atoms with van der Waals surface area (Å²) in [5.41, 5.74) is 0. The number of ether oxygens (including phenoxy) is 1. The molecule has 0 aliphatic carbocycles. The van der Waals surface area contributed by atoms with Crippen molar-refractivity contribution in [2.24, 2.45) is 0 Å². The summed E-state index contributed by atoms with van der Waals surface area (Å²) in [6, 6.07) is 0. The zero-order valence-electron chi connectivity index (χ0n) is 8.42. The SMILES string of the molecule is CCCCCCCCCOC(=S)S.[NaH]. The Hall–Kier alpha value is 1.24. The molecule has 80 valence electrons. The Labute approximate surface area is 121 Å². The predicted octanol–water partition coefficient (Wildman–Crippen LogP) is 3.32. The molecule has 0 heterocycles. The number of thiocarbonyl (C=S) groups is 1. The quantitative estimate of drug-likeness (QED) is 0.303. The van der Waals surface area contributed by atoms with Crippen LogP contribution < -0.4 is 0 Å². The summed E-state index contributed by atoms with van der Waals surface area (Å²) in [5, 5.41) is 0. The van der Waals surface area contributed by atoms with Gasteiger partial charge in [0.05, 0.1) is 6.61 Å². The number of unbranched alkanes of at least 4 members (excludes halogenated alkanes) is 6. The van der Waals surface area contributed by atoms with Gasteiger partial charge in [0.1, 0.15) is 0 Å². The van der Waals surface area contributed by atoms with E-state index >= 15 is 0 Å². The van der Waals surface area contributed by atoms with E-state index in [0.29, 0.717) is 4.38 Å². The summed E-state index contributed by atoms with van der Waals surface area (Å²) in [4.78, 5) is 0. The van der Waals surface area contributed by atoms with Gasteiger partial charge in [-0.2, -0.15) is 0 Å². The van der Waals surface area contributed by atoms with Crippen LogP contribution in [0.15, 0.2) is 0 Å². The van der Waals surface area contributed by atoms with Gasteiger partial charge in [0.2, 0.25) is 4.38 Å². The van der Waals surface area contributed by atoms with Crippen LogP contribution in [0.2, 0.25) is 0 Å². The average molecular weight is 244 g/mol. The second-order valence-corrected chi connectivity index (χ2v) is 4.32. The van der Waals surface area contributed by atoms with Crippen LogP contribution in [0.1, 0.15) is 51.9 Å². The fraction of sp³-hybridized carbons (Fsp3) is 0.900. The van der Waals surface area contributed by atoms with Crippen molar-refractivity contribution in [1.29, 1.82) is 0 Å². The second kappa shape index (κ2) is 14.2. The third-order valence-electron chi connectivity index (χ3n) is 1.97. The second-order valence-electron chi connectivity index (χ2n) is 3.24. The monoisotopic (exact) mass is 244 g/mol. The van der Waals surface area contributed by atoms with Crippen LogP contribution in [-0.2, 0) is 4.74 Å². The van der Waals surface area contributed by atoms with Crippen LogP contribution in [0.3, 0.4) is 0 Å². The molecule has 0 saturated heterocycles. The van der Waals surface area contributed by atoms with Gasteiger partial charge in [0.15, 0.2) is 0 Å². The molecule has 4 heteroatoms. The van der Waals surface area contributed by atoms with Gasteiger partial charge in [-0.1, -0.05) is 58.1 Å². The van der Waals surface area contributed by atoms with E-state index in [0.717, 1.165) is 13.0 Å². The molecule has 0 aromatic heterocycles. The van der Waals surface area contributed by atoms with Gasteiger partial charge in [-0.3, -0.25) is 0 Å². The molecule has 0 unspecified atom stereocenters. The average Bonchev–Trinajstić information content (AvgIpc) is 2.09. The first-order chi connectivity index (χ1) is 6.27. The summed E-state index contributed by atoms with van der Waals surface area (Å²) < 4.78 is 5.43. The van der Waals surface area contributed by atoms with Gasteiger partial charge in [-0.15, -0.1) is 0 Å². The number of thiol groups is 1. The van der Waals surface area contributed by atoms with Gasteiger partial charge in [0, 0.05) is 0 Å². The van der Waals surface area contributed by atoms with Crippen molar-refractivity contribution in [2.45, 2.75) is 51.9 Å². The van der Waals surface area contributed by atoms with E-state index in [1.165, 1.54) is 38.5 Å². The zero-order chi connectivity index (χ0) is 9.94. The van der Waals surface area contributed by atoms with Gasteiger partial charge in [0.25, 0.3) is 0 Å². The Kier molecular flexibility index (Phi) is 17.9. The molecule has 0 fully saturated rings. The minimum absolute atomic E-state index is 0. The fourth-order valence-corrected chi connectivity index (χ4v) is 1.39. The van der Waals surface area contributed by atoms with Crippen LogP contribution >= 0.6 is 24.8 Å². The van der Waals surface area contributed by atoms with Crippen LogP contribution in [0, 0.1) is 0 Å². The van der Waals surface area contributed by atoms with E-state index in [2.05, 4.69) is 31.8 Å². The molecular weight excluding hydrogens is 223 g/mol. The van der Waals surface area contributed by atoms with Crippen molar-refractivity contribution in [1.82, 2.24) is 0 Å². The third kappa shape index (κ3) is 15.7. The normalized spacial score (nSPS) is 9.29. The standard InChI is InChI=1S/C10H20OS2.Na.H/c1-2-3-4-5-6-7-8-9-11-10(12)13;;/h2-9H2,1H3,(H,12,13);;. The van der Waals surface area contributed by atoms with Gasteiger partial charge < -0.3 is 4.74 Å². The van der Waals surface area contributed by atoms with E-state index < -0.39 is 0 Å². The minimum atomic E-state index is 0. The van der Waals surface area contributed by atoms with Crippen LogP contribution in [0.5, 0.6) is 0 Å². The summed E-state index contributed by atoms with van der Waals surface area (Å²) in [6.07, 6.45) is 9.10. The molecular formula is C10H21NaOS2. The van der Waals surface area contributed by atoms with Gasteiger partial charge in [-0.25, -0.2) is 0 Å². The maximum absolute atomic E-state index is 5.07. The molecule has 1 nitrogen and oxygen atoms in total. The Morgan fingerprint density at radius 3 is 2.07 bits per heavy atom. The Morgan fingerprint density at radius 1 is 1.07 bits per heavy atom. The van der Waals surface area contributed by atoms with E-state index in [4.69, 9.17) is 4.74 Å². The molecule has 0 N–H and O–H groups in total. The first kappa shape index (κ1) is 17.6. The molecule has 0 rings (SSSR count). The fourth-order valence-electron chi connectivity index (χ4n) is 1.22. The van der Waals surface area contributed by atoms with Crippen molar-refractivity contribution in [3.05, 3.63) is 0 Å². The van der Waals surface area contributed by atoms with E-state index in [1.54, 1.807) is 0 Å². The van der Waals surface area contributed by atoms with E-state index in [1.807, 2.05) is 0 Å². The Morgan fingerprint density at radius 2 is 1.57 bits per heavy atom. The van der Waals surface area contributed by atoms with Crippen molar-refractivity contribution in [2.75, 3.05) is 6.61 Å². The maximum atomic E-state index is 5.07. The molecule has 0 saturated carbocycles. The Balaban J connectivity index is 0. The molecule has 0 atom stereocenters.